The Kier molecular flexibility index (Phi) is 4.47. The number of carboxylic acid groups (broad SMARTS) is 1. The van der Waals surface area contributed by atoms with Crippen molar-refractivity contribution < 1.29 is 19.0 Å². The first-order valence-corrected chi connectivity index (χ1v) is 5.68. The van der Waals surface area contributed by atoms with Gasteiger partial charge in [-0.15, -0.1) is 0 Å². The minimum atomic E-state index is -1.11. The van der Waals surface area contributed by atoms with Crippen molar-refractivity contribution in [2.45, 2.75) is 12.8 Å². The number of carboxylic acids is 1. The Labute approximate surface area is 107 Å². The van der Waals surface area contributed by atoms with E-state index in [1.165, 1.54) is 13.2 Å². The first-order chi connectivity index (χ1) is 7.93. The Morgan fingerprint density at radius 1 is 1.71 bits per heavy atom. The van der Waals surface area contributed by atoms with E-state index in [-0.39, 0.29) is 17.9 Å². The lowest BCUT2D eigenvalue weighted by Gasteiger charge is -2.18. The van der Waals surface area contributed by atoms with Gasteiger partial charge in [0.2, 0.25) is 0 Å². The molecule has 1 atom stereocenters. The van der Waals surface area contributed by atoms with Crippen LogP contribution in [-0.2, 0) is 4.79 Å². The van der Waals surface area contributed by atoms with Crippen molar-refractivity contribution >= 4 is 21.9 Å². The summed E-state index contributed by atoms with van der Waals surface area (Å²) < 4.78 is 19.1. The van der Waals surface area contributed by atoms with Crippen molar-refractivity contribution in [2.75, 3.05) is 13.7 Å². The Hall–Kier alpha value is -1.14. The molecule has 17 heavy (non-hydrogen) atoms. The molecule has 4 nitrogen and oxygen atoms in total. The van der Waals surface area contributed by atoms with E-state index in [1.807, 2.05) is 0 Å². The summed E-state index contributed by atoms with van der Waals surface area (Å²) in [7, 11) is 1.30. The lowest BCUT2D eigenvalue weighted by Crippen LogP contribution is -2.23. The van der Waals surface area contributed by atoms with E-state index >= 15 is 0 Å². The number of aliphatic carboxylic acids is 1. The molecule has 0 aliphatic heterocycles. The SMILES string of the molecule is COc1c(F)cc(Br)c(C)c1C(CN)C(=O)O. The molecule has 0 heterocycles. The van der Waals surface area contributed by atoms with Gasteiger partial charge in [0.05, 0.1) is 13.0 Å². The molecule has 0 aromatic heterocycles. The molecular formula is C11H13BrFNO3. The topological polar surface area (TPSA) is 72.5 Å². The molecule has 0 saturated heterocycles. The molecule has 94 valence electrons. The van der Waals surface area contributed by atoms with Gasteiger partial charge in [-0.1, -0.05) is 15.9 Å². The second-order valence-electron chi connectivity index (χ2n) is 3.54. The summed E-state index contributed by atoms with van der Waals surface area (Å²) >= 11 is 3.18. The van der Waals surface area contributed by atoms with Crippen LogP contribution in [0.1, 0.15) is 17.0 Å². The number of carbonyl (C=O) groups is 1. The van der Waals surface area contributed by atoms with Gasteiger partial charge >= 0.3 is 5.97 Å². The van der Waals surface area contributed by atoms with Crippen LogP contribution in [0.4, 0.5) is 4.39 Å². The zero-order valence-corrected chi connectivity index (χ0v) is 11.0. The Balaban J connectivity index is 3.53. The molecular weight excluding hydrogens is 293 g/mol. The van der Waals surface area contributed by atoms with Crippen LogP contribution in [0.5, 0.6) is 5.75 Å². The number of halogens is 2. The normalized spacial score (nSPS) is 12.3. The highest BCUT2D eigenvalue weighted by Crippen LogP contribution is 2.36. The summed E-state index contributed by atoms with van der Waals surface area (Å²) in [6.45, 7) is 1.56. The molecule has 0 fully saturated rings. The molecule has 3 N–H and O–H groups in total. The fraction of sp³-hybridized carbons (Fsp3) is 0.364. The summed E-state index contributed by atoms with van der Waals surface area (Å²) in [6.07, 6.45) is 0. The molecule has 0 amide bonds. The lowest BCUT2D eigenvalue weighted by molar-refractivity contribution is -0.138. The van der Waals surface area contributed by atoms with Gasteiger partial charge < -0.3 is 15.6 Å². The first kappa shape index (κ1) is 13.9. The fourth-order valence-electron chi connectivity index (χ4n) is 1.68. The number of benzene rings is 1. The summed E-state index contributed by atoms with van der Waals surface area (Å²) in [4.78, 5) is 11.1. The highest BCUT2D eigenvalue weighted by Gasteiger charge is 2.27. The van der Waals surface area contributed by atoms with Gasteiger partial charge in [-0.2, -0.15) is 0 Å². The number of methoxy groups -OCH3 is 1. The van der Waals surface area contributed by atoms with Crippen LogP contribution < -0.4 is 10.5 Å². The zero-order valence-electron chi connectivity index (χ0n) is 9.46. The van der Waals surface area contributed by atoms with Gasteiger partial charge in [0.1, 0.15) is 0 Å². The highest BCUT2D eigenvalue weighted by atomic mass is 79.9. The molecule has 1 aromatic rings. The molecule has 0 aliphatic carbocycles. The van der Waals surface area contributed by atoms with E-state index in [9.17, 15) is 9.18 Å². The molecule has 1 rings (SSSR count). The first-order valence-electron chi connectivity index (χ1n) is 4.89. The number of nitrogens with two attached hydrogens (primary N) is 1. The van der Waals surface area contributed by atoms with Crippen LogP contribution in [0.15, 0.2) is 10.5 Å². The maximum Gasteiger partial charge on any atom is 0.312 e. The third kappa shape index (κ3) is 2.58. The van der Waals surface area contributed by atoms with Gasteiger partial charge in [0, 0.05) is 16.6 Å². The Morgan fingerprint density at radius 2 is 2.29 bits per heavy atom. The molecule has 0 bridgehead atoms. The smallest absolute Gasteiger partial charge is 0.312 e. The fourth-order valence-corrected chi connectivity index (χ4v) is 2.10. The molecule has 0 radical (unpaired) electrons. The van der Waals surface area contributed by atoms with Crippen molar-refractivity contribution in [2.24, 2.45) is 5.73 Å². The number of hydrogen-bond donors (Lipinski definition) is 2. The van der Waals surface area contributed by atoms with Gasteiger partial charge in [-0.3, -0.25) is 4.79 Å². The van der Waals surface area contributed by atoms with Crippen molar-refractivity contribution in [3.05, 3.63) is 27.5 Å². The predicted molar refractivity (Wildman–Crippen MR) is 64.8 cm³/mol. The quantitative estimate of drug-likeness (QED) is 0.893. The van der Waals surface area contributed by atoms with E-state index < -0.39 is 17.7 Å². The number of ether oxygens (including phenoxy) is 1. The Bertz CT molecular complexity index is 451. The number of hydrogen-bond acceptors (Lipinski definition) is 3. The summed E-state index contributed by atoms with van der Waals surface area (Å²) in [5, 5.41) is 9.08. The average Bonchev–Trinajstić information content (AvgIpc) is 2.25. The molecule has 0 spiro atoms. The summed E-state index contributed by atoms with van der Waals surface area (Å²) in [5.74, 6) is -2.77. The Morgan fingerprint density at radius 3 is 2.71 bits per heavy atom. The predicted octanol–water partition coefficient (Wildman–Crippen LogP) is 2.03. The van der Waals surface area contributed by atoms with E-state index in [1.54, 1.807) is 6.92 Å². The van der Waals surface area contributed by atoms with Gasteiger partial charge in [0.25, 0.3) is 0 Å². The minimum absolute atomic E-state index is 0.0662. The summed E-state index contributed by atoms with van der Waals surface area (Å²) in [6, 6.07) is 1.24. The molecule has 6 heteroatoms. The maximum atomic E-state index is 13.7. The number of rotatable bonds is 4. The van der Waals surface area contributed by atoms with Gasteiger partial charge in [-0.05, 0) is 18.6 Å². The third-order valence-corrected chi connectivity index (χ3v) is 3.39. The highest BCUT2D eigenvalue weighted by molar-refractivity contribution is 9.10. The standard InChI is InChI=1S/C11H13BrFNO3/c1-5-7(12)3-8(13)10(17-2)9(5)6(4-14)11(15)16/h3,6H,4,14H2,1-2H3,(H,15,16). The van der Waals surface area contributed by atoms with Crippen molar-refractivity contribution in [3.8, 4) is 5.75 Å². The summed E-state index contributed by atoms with van der Waals surface area (Å²) in [5.41, 5.74) is 6.31. The van der Waals surface area contributed by atoms with Crippen molar-refractivity contribution in [3.63, 3.8) is 0 Å². The molecule has 0 aliphatic rings. The van der Waals surface area contributed by atoms with E-state index in [0.717, 1.165) is 0 Å². The minimum Gasteiger partial charge on any atom is -0.493 e. The van der Waals surface area contributed by atoms with Crippen LogP contribution in [0.25, 0.3) is 0 Å². The van der Waals surface area contributed by atoms with Crippen LogP contribution in [-0.4, -0.2) is 24.7 Å². The molecule has 1 unspecified atom stereocenters. The van der Waals surface area contributed by atoms with Crippen molar-refractivity contribution in [1.82, 2.24) is 0 Å². The maximum absolute atomic E-state index is 13.7. The van der Waals surface area contributed by atoms with Crippen LogP contribution in [0.2, 0.25) is 0 Å². The molecule has 1 aromatic carbocycles. The van der Waals surface area contributed by atoms with Crippen LogP contribution >= 0.6 is 15.9 Å². The largest absolute Gasteiger partial charge is 0.493 e. The van der Waals surface area contributed by atoms with Crippen molar-refractivity contribution in [1.29, 1.82) is 0 Å². The van der Waals surface area contributed by atoms with Gasteiger partial charge in [0.15, 0.2) is 11.6 Å². The van der Waals surface area contributed by atoms with E-state index in [4.69, 9.17) is 15.6 Å². The van der Waals surface area contributed by atoms with E-state index in [2.05, 4.69) is 15.9 Å². The lowest BCUT2D eigenvalue weighted by atomic mass is 9.93. The second-order valence-corrected chi connectivity index (χ2v) is 4.39. The van der Waals surface area contributed by atoms with Gasteiger partial charge in [-0.25, -0.2) is 4.39 Å². The second kappa shape index (κ2) is 5.46. The van der Waals surface area contributed by atoms with Crippen LogP contribution in [0, 0.1) is 12.7 Å². The van der Waals surface area contributed by atoms with Crippen LogP contribution in [0.3, 0.4) is 0 Å². The third-order valence-electron chi connectivity index (χ3n) is 2.56. The average molecular weight is 306 g/mol. The zero-order chi connectivity index (χ0) is 13.2. The monoisotopic (exact) mass is 305 g/mol. The molecule has 0 saturated carbocycles. The van der Waals surface area contributed by atoms with E-state index in [0.29, 0.717) is 10.0 Å².